The summed E-state index contributed by atoms with van der Waals surface area (Å²) in [6.07, 6.45) is 6.40. The molecule has 0 amide bonds. The molecule has 0 spiro atoms. The first-order chi connectivity index (χ1) is 6.66. The minimum absolute atomic E-state index is 0.668. The molecule has 1 heterocycles. The minimum atomic E-state index is -2.34. The van der Waals surface area contributed by atoms with E-state index in [0.29, 0.717) is 6.61 Å². The maximum Gasteiger partial charge on any atom is 0.225 e. The summed E-state index contributed by atoms with van der Waals surface area (Å²) in [6, 6.07) is 0. The van der Waals surface area contributed by atoms with E-state index in [2.05, 4.69) is 6.92 Å². The Morgan fingerprint density at radius 3 is 2.79 bits per heavy atom. The van der Waals surface area contributed by atoms with Crippen molar-refractivity contribution in [1.29, 1.82) is 0 Å². The number of allylic oxidation sites excluding steroid dienone is 1. The lowest BCUT2D eigenvalue weighted by molar-refractivity contribution is 0.309. The molecule has 3 heteroatoms. The molecular weight excluding hydrogens is 195 g/mol. The fourth-order valence-corrected chi connectivity index (χ4v) is 3.88. The normalized spacial score (nSPS) is 26.6. The summed E-state index contributed by atoms with van der Waals surface area (Å²) in [5, 5.41) is 0. The van der Waals surface area contributed by atoms with Crippen LogP contribution in [0.3, 0.4) is 0 Å². The molecule has 0 saturated heterocycles. The van der Waals surface area contributed by atoms with Crippen LogP contribution in [0.2, 0.25) is 0 Å². The second-order valence-corrected chi connectivity index (χ2v) is 6.48. The Labute approximate surface area is 87.2 Å². The number of rotatable bonds is 6. The van der Waals surface area contributed by atoms with Crippen molar-refractivity contribution in [2.45, 2.75) is 46.0 Å². The SMILES string of the molecule is CCCCCCOP1(=O)C=C(C)CC1. The van der Waals surface area contributed by atoms with Crippen molar-refractivity contribution in [2.75, 3.05) is 12.8 Å². The lowest BCUT2D eigenvalue weighted by Gasteiger charge is -2.09. The predicted molar refractivity (Wildman–Crippen MR) is 60.9 cm³/mol. The fraction of sp³-hybridized carbons (Fsp3) is 0.818. The largest absolute Gasteiger partial charge is 0.326 e. The Bertz CT molecular complexity index is 246. The zero-order valence-electron chi connectivity index (χ0n) is 9.29. The lowest BCUT2D eigenvalue weighted by atomic mass is 10.2. The first-order valence-corrected chi connectivity index (χ1v) is 7.46. The maximum atomic E-state index is 12.0. The van der Waals surface area contributed by atoms with Crippen LogP contribution in [0.15, 0.2) is 11.4 Å². The van der Waals surface area contributed by atoms with Crippen LogP contribution in [0.1, 0.15) is 46.0 Å². The number of hydrogen-bond acceptors (Lipinski definition) is 2. The second-order valence-electron chi connectivity index (χ2n) is 4.07. The van der Waals surface area contributed by atoms with E-state index in [1.165, 1.54) is 24.8 Å². The van der Waals surface area contributed by atoms with E-state index in [9.17, 15) is 4.57 Å². The van der Waals surface area contributed by atoms with Crippen molar-refractivity contribution in [3.8, 4) is 0 Å². The van der Waals surface area contributed by atoms with Gasteiger partial charge in [0.25, 0.3) is 0 Å². The quantitative estimate of drug-likeness (QED) is 0.492. The van der Waals surface area contributed by atoms with Gasteiger partial charge in [0.1, 0.15) is 0 Å². The van der Waals surface area contributed by atoms with E-state index >= 15 is 0 Å². The highest BCUT2D eigenvalue weighted by Crippen LogP contribution is 2.55. The van der Waals surface area contributed by atoms with Crippen molar-refractivity contribution >= 4 is 7.37 Å². The summed E-state index contributed by atoms with van der Waals surface area (Å²) < 4.78 is 17.4. The van der Waals surface area contributed by atoms with Crippen LogP contribution in [0.4, 0.5) is 0 Å². The highest BCUT2D eigenvalue weighted by atomic mass is 31.2. The van der Waals surface area contributed by atoms with E-state index < -0.39 is 7.37 Å². The molecule has 1 aliphatic rings. The molecule has 0 N–H and O–H groups in total. The Morgan fingerprint density at radius 2 is 2.21 bits per heavy atom. The topological polar surface area (TPSA) is 26.3 Å². The third-order valence-electron chi connectivity index (χ3n) is 2.54. The highest BCUT2D eigenvalue weighted by Gasteiger charge is 2.25. The zero-order valence-corrected chi connectivity index (χ0v) is 10.2. The smallest absolute Gasteiger partial charge is 0.225 e. The third-order valence-corrected chi connectivity index (χ3v) is 4.84. The summed E-state index contributed by atoms with van der Waals surface area (Å²) in [7, 11) is -2.34. The molecule has 0 aromatic carbocycles. The van der Waals surface area contributed by atoms with E-state index in [-0.39, 0.29) is 0 Å². The van der Waals surface area contributed by atoms with Gasteiger partial charge in [-0.2, -0.15) is 0 Å². The molecule has 0 fully saturated rings. The molecule has 1 rings (SSSR count). The molecule has 1 atom stereocenters. The van der Waals surface area contributed by atoms with Gasteiger partial charge < -0.3 is 4.52 Å². The van der Waals surface area contributed by atoms with Crippen molar-refractivity contribution < 1.29 is 9.09 Å². The number of hydrogen-bond donors (Lipinski definition) is 0. The van der Waals surface area contributed by atoms with Crippen molar-refractivity contribution in [1.82, 2.24) is 0 Å². The van der Waals surface area contributed by atoms with Gasteiger partial charge in [-0.15, -0.1) is 0 Å². The standard InChI is InChI=1S/C11H21O2P/c1-3-4-5-6-8-13-14(12)9-7-11(2)10-14/h10H,3-9H2,1-2H3. The highest BCUT2D eigenvalue weighted by molar-refractivity contribution is 7.62. The van der Waals surface area contributed by atoms with Gasteiger partial charge >= 0.3 is 0 Å². The van der Waals surface area contributed by atoms with Gasteiger partial charge in [0, 0.05) is 6.16 Å². The molecule has 0 bridgehead atoms. The van der Waals surface area contributed by atoms with Gasteiger partial charge in [0.15, 0.2) is 0 Å². The van der Waals surface area contributed by atoms with E-state index in [4.69, 9.17) is 4.52 Å². The first kappa shape index (κ1) is 12.0. The van der Waals surface area contributed by atoms with Crippen LogP contribution in [0.25, 0.3) is 0 Å². The average Bonchev–Trinajstić information content (AvgIpc) is 2.47. The molecule has 2 nitrogen and oxygen atoms in total. The summed E-state index contributed by atoms with van der Waals surface area (Å²) in [4.78, 5) is 0. The summed E-state index contributed by atoms with van der Waals surface area (Å²) >= 11 is 0. The molecule has 0 saturated carbocycles. The van der Waals surface area contributed by atoms with Gasteiger partial charge in [-0.05, 0) is 25.6 Å². The van der Waals surface area contributed by atoms with Crippen LogP contribution in [-0.2, 0) is 9.09 Å². The number of unbranched alkanes of at least 4 members (excludes halogenated alkanes) is 3. The molecule has 0 aliphatic carbocycles. The molecule has 14 heavy (non-hydrogen) atoms. The van der Waals surface area contributed by atoms with E-state index in [1.54, 1.807) is 0 Å². The Hall–Kier alpha value is -0.0700. The van der Waals surface area contributed by atoms with E-state index in [0.717, 1.165) is 19.0 Å². The summed E-state index contributed by atoms with van der Waals surface area (Å²) in [5.41, 5.74) is 1.22. The van der Waals surface area contributed by atoms with Crippen molar-refractivity contribution in [2.24, 2.45) is 0 Å². The first-order valence-electron chi connectivity index (χ1n) is 5.58. The summed E-state index contributed by atoms with van der Waals surface area (Å²) in [5.74, 6) is 1.85. The maximum absolute atomic E-state index is 12.0. The predicted octanol–water partition coefficient (Wildman–Crippen LogP) is 4.17. The van der Waals surface area contributed by atoms with Crippen molar-refractivity contribution in [3.63, 3.8) is 0 Å². The Kier molecular flexibility index (Phi) is 4.91. The molecule has 1 unspecified atom stereocenters. The van der Waals surface area contributed by atoms with Crippen LogP contribution >= 0.6 is 7.37 Å². The van der Waals surface area contributed by atoms with Crippen molar-refractivity contribution in [3.05, 3.63) is 11.4 Å². The van der Waals surface area contributed by atoms with Gasteiger partial charge in [0.05, 0.1) is 6.61 Å². The van der Waals surface area contributed by atoms with Gasteiger partial charge in [-0.25, -0.2) is 0 Å². The molecule has 0 aromatic heterocycles. The molecular formula is C11H21O2P. The fourth-order valence-electron chi connectivity index (χ4n) is 1.65. The molecule has 0 radical (unpaired) electrons. The Morgan fingerprint density at radius 1 is 1.43 bits per heavy atom. The van der Waals surface area contributed by atoms with Gasteiger partial charge in [0.2, 0.25) is 7.37 Å². The van der Waals surface area contributed by atoms with Crippen LogP contribution in [0.5, 0.6) is 0 Å². The monoisotopic (exact) mass is 216 g/mol. The Balaban J connectivity index is 2.15. The molecule has 1 aliphatic heterocycles. The molecule has 0 aromatic rings. The minimum Gasteiger partial charge on any atom is -0.326 e. The summed E-state index contributed by atoms with van der Waals surface area (Å²) in [6.45, 7) is 4.88. The van der Waals surface area contributed by atoms with Crippen LogP contribution in [-0.4, -0.2) is 12.8 Å². The van der Waals surface area contributed by atoms with Crippen LogP contribution in [0, 0.1) is 0 Å². The van der Waals surface area contributed by atoms with E-state index in [1.807, 2.05) is 12.7 Å². The average molecular weight is 216 g/mol. The van der Waals surface area contributed by atoms with Gasteiger partial charge in [-0.1, -0.05) is 31.8 Å². The molecule has 82 valence electrons. The van der Waals surface area contributed by atoms with Gasteiger partial charge in [-0.3, -0.25) is 4.57 Å². The zero-order chi connectivity index (χ0) is 10.4. The van der Waals surface area contributed by atoms with Crippen LogP contribution < -0.4 is 0 Å². The third kappa shape index (κ3) is 3.98. The lowest BCUT2D eigenvalue weighted by Crippen LogP contribution is -1.92. The second kappa shape index (κ2) is 5.72.